The van der Waals surface area contributed by atoms with E-state index in [0.29, 0.717) is 18.0 Å². The Morgan fingerprint density at radius 2 is 2.14 bits per heavy atom. The fourth-order valence-electron chi connectivity index (χ4n) is 2.29. The van der Waals surface area contributed by atoms with Crippen molar-refractivity contribution in [2.24, 2.45) is 0 Å². The third-order valence-corrected chi connectivity index (χ3v) is 3.48. The van der Waals surface area contributed by atoms with Gasteiger partial charge in [-0.2, -0.15) is 0 Å². The molecule has 2 aromatic rings. The third kappa shape index (κ3) is 3.83. The topological polar surface area (TPSA) is 60.5 Å². The van der Waals surface area contributed by atoms with Crippen LogP contribution in [0.2, 0.25) is 0 Å². The summed E-state index contributed by atoms with van der Waals surface area (Å²) in [6.45, 7) is 1.38. The number of amides is 1. The van der Waals surface area contributed by atoms with E-state index >= 15 is 0 Å². The molecule has 2 heterocycles. The minimum Gasteiger partial charge on any atom is -0.491 e. The monoisotopic (exact) mass is 298 g/mol. The smallest absolute Gasteiger partial charge is 0.256 e. The molecule has 1 saturated heterocycles. The van der Waals surface area contributed by atoms with Gasteiger partial charge in [0.1, 0.15) is 18.2 Å². The molecule has 0 aliphatic carbocycles. The molecule has 1 N–H and O–H groups in total. The van der Waals surface area contributed by atoms with Crippen molar-refractivity contribution in [1.82, 2.24) is 4.98 Å². The molecule has 0 bridgehead atoms. The van der Waals surface area contributed by atoms with E-state index in [4.69, 9.17) is 9.47 Å². The second-order valence-corrected chi connectivity index (χ2v) is 5.14. The van der Waals surface area contributed by atoms with E-state index in [0.717, 1.165) is 25.2 Å². The van der Waals surface area contributed by atoms with Crippen molar-refractivity contribution in [3.05, 3.63) is 54.2 Å². The van der Waals surface area contributed by atoms with Crippen LogP contribution in [-0.4, -0.2) is 30.2 Å². The fraction of sp³-hybridized carbons (Fsp3) is 0.294. The van der Waals surface area contributed by atoms with E-state index in [1.54, 1.807) is 42.6 Å². The molecule has 1 aromatic carbocycles. The molecule has 1 atom stereocenters. The van der Waals surface area contributed by atoms with Crippen molar-refractivity contribution >= 4 is 11.7 Å². The van der Waals surface area contributed by atoms with Gasteiger partial charge in [0.2, 0.25) is 0 Å². The normalized spacial score (nSPS) is 17.2. The molecule has 3 rings (SSSR count). The van der Waals surface area contributed by atoms with Gasteiger partial charge in [0.15, 0.2) is 0 Å². The molecule has 22 heavy (non-hydrogen) atoms. The predicted octanol–water partition coefficient (Wildman–Crippen LogP) is 2.89. The molecule has 0 spiro atoms. The molecule has 1 aliphatic heterocycles. The number of anilines is 1. The van der Waals surface area contributed by atoms with Gasteiger partial charge in [-0.15, -0.1) is 0 Å². The number of carbonyl (C=O) groups excluding carboxylic acids is 1. The Hall–Kier alpha value is -2.40. The van der Waals surface area contributed by atoms with Crippen molar-refractivity contribution in [1.29, 1.82) is 0 Å². The second kappa shape index (κ2) is 7.04. The summed E-state index contributed by atoms with van der Waals surface area (Å²) in [6.07, 6.45) is 3.97. The number of aromatic nitrogens is 1. The number of benzene rings is 1. The summed E-state index contributed by atoms with van der Waals surface area (Å²) in [6, 6.07) is 12.4. The Morgan fingerprint density at radius 3 is 2.82 bits per heavy atom. The molecule has 114 valence electrons. The quantitative estimate of drug-likeness (QED) is 0.922. The van der Waals surface area contributed by atoms with Gasteiger partial charge >= 0.3 is 0 Å². The van der Waals surface area contributed by atoms with Crippen LogP contribution < -0.4 is 10.1 Å². The molecular weight excluding hydrogens is 280 g/mol. The van der Waals surface area contributed by atoms with Crippen LogP contribution in [0, 0.1) is 0 Å². The van der Waals surface area contributed by atoms with E-state index in [1.807, 2.05) is 6.07 Å². The summed E-state index contributed by atoms with van der Waals surface area (Å²) in [4.78, 5) is 16.1. The lowest BCUT2D eigenvalue weighted by Crippen LogP contribution is -2.16. The van der Waals surface area contributed by atoms with Crippen LogP contribution in [-0.2, 0) is 4.74 Å². The van der Waals surface area contributed by atoms with Crippen LogP contribution in [0.1, 0.15) is 23.2 Å². The summed E-state index contributed by atoms with van der Waals surface area (Å²) >= 11 is 0. The van der Waals surface area contributed by atoms with Crippen molar-refractivity contribution in [2.75, 3.05) is 18.5 Å². The minimum atomic E-state index is -0.190. The van der Waals surface area contributed by atoms with Crippen molar-refractivity contribution in [2.45, 2.75) is 18.9 Å². The lowest BCUT2D eigenvalue weighted by molar-refractivity contribution is 0.0679. The molecule has 1 amide bonds. The first-order valence-corrected chi connectivity index (χ1v) is 7.38. The van der Waals surface area contributed by atoms with Crippen LogP contribution in [0.25, 0.3) is 0 Å². The van der Waals surface area contributed by atoms with E-state index in [-0.39, 0.29) is 12.0 Å². The fourth-order valence-corrected chi connectivity index (χ4v) is 2.29. The molecule has 5 nitrogen and oxygen atoms in total. The molecule has 1 aliphatic rings. The summed E-state index contributed by atoms with van der Waals surface area (Å²) in [5.41, 5.74) is 0.565. The van der Waals surface area contributed by atoms with E-state index in [1.165, 1.54) is 0 Å². The maximum Gasteiger partial charge on any atom is 0.256 e. The Labute approximate surface area is 129 Å². The van der Waals surface area contributed by atoms with Gasteiger partial charge in [-0.05, 0) is 49.2 Å². The molecule has 0 saturated carbocycles. The lowest BCUT2D eigenvalue weighted by atomic mass is 10.2. The highest BCUT2D eigenvalue weighted by Gasteiger charge is 2.16. The highest BCUT2D eigenvalue weighted by atomic mass is 16.5. The maximum atomic E-state index is 12.1. The number of carbonyl (C=O) groups is 1. The first-order chi connectivity index (χ1) is 10.8. The van der Waals surface area contributed by atoms with Crippen molar-refractivity contribution in [3.8, 4) is 5.75 Å². The van der Waals surface area contributed by atoms with E-state index in [2.05, 4.69) is 10.3 Å². The first kappa shape index (κ1) is 14.5. The molecule has 0 radical (unpaired) electrons. The first-order valence-electron chi connectivity index (χ1n) is 7.38. The maximum absolute atomic E-state index is 12.1. The zero-order valence-electron chi connectivity index (χ0n) is 12.2. The zero-order chi connectivity index (χ0) is 15.2. The number of ether oxygens (including phenoxy) is 2. The molecule has 5 heteroatoms. The zero-order valence-corrected chi connectivity index (χ0v) is 12.2. The van der Waals surface area contributed by atoms with Gasteiger partial charge in [-0.3, -0.25) is 4.79 Å². The van der Waals surface area contributed by atoms with Crippen LogP contribution in [0.3, 0.4) is 0 Å². The van der Waals surface area contributed by atoms with Gasteiger partial charge < -0.3 is 14.8 Å². The lowest BCUT2D eigenvalue weighted by Gasteiger charge is -2.11. The molecular formula is C17H18N2O3. The third-order valence-electron chi connectivity index (χ3n) is 3.48. The number of nitrogens with one attached hydrogen (secondary N) is 1. The van der Waals surface area contributed by atoms with Crippen LogP contribution in [0.15, 0.2) is 48.7 Å². The van der Waals surface area contributed by atoms with Crippen LogP contribution in [0.5, 0.6) is 5.75 Å². The van der Waals surface area contributed by atoms with E-state index in [9.17, 15) is 4.79 Å². The van der Waals surface area contributed by atoms with Crippen LogP contribution in [0.4, 0.5) is 5.82 Å². The SMILES string of the molecule is O=C(Nc1ccccn1)c1ccc(OCC2CCCO2)cc1. The summed E-state index contributed by atoms with van der Waals surface area (Å²) in [5, 5.41) is 2.74. The number of pyridine rings is 1. The standard InChI is InChI=1S/C17H18N2O3/c20-17(19-16-5-1-2-10-18-16)13-6-8-14(9-7-13)22-12-15-4-3-11-21-15/h1-2,5-10,15H,3-4,11-12H2,(H,18,19,20). The Bertz CT molecular complexity index is 608. The minimum absolute atomic E-state index is 0.187. The summed E-state index contributed by atoms with van der Waals surface area (Å²) in [7, 11) is 0. The molecule has 1 unspecified atom stereocenters. The molecule has 1 fully saturated rings. The number of hydrogen-bond donors (Lipinski definition) is 1. The summed E-state index contributed by atoms with van der Waals surface area (Å²) in [5.74, 6) is 1.08. The van der Waals surface area contributed by atoms with Gasteiger partial charge in [0.25, 0.3) is 5.91 Å². The van der Waals surface area contributed by atoms with Crippen LogP contribution >= 0.6 is 0 Å². The van der Waals surface area contributed by atoms with Gasteiger partial charge in [0.05, 0.1) is 6.10 Å². The van der Waals surface area contributed by atoms with Gasteiger partial charge in [-0.25, -0.2) is 4.98 Å². The van der Waals surface area contributed by atoms with Gasteiger partial charge in [0, 0.05) is 18.4 Å². The highest BCUT2D eigenvalue weighted by molar-refractivity contribution is 6.03. The molecule has 1 aromatic heterocycles. The van der Waals surface area contributed by atoms with E-state index < -0.39 is 0 Å². The second-order valence-electron chi connectivity index (χ2n) is 5.14. The van der Waals surface area contributed by atoms with Gasteiger partial charge in [-0.1, -0.05) is 6.07 Å². The number of hydrogen-bond acceptors (Lipinski definition) is 4. The number of nitrogens with zero attached hydrogens (tertiary/aromatic N) is 1. The predicted molar refractivity (Wildman–Crippen MR) is 83.1 cm³/mol. The summed E-state index contributed by atoms with van der Waals surface area (Å²) < 4.78 is 11.2. The Balaban J connectivity index is 1.55. The average molecular weight is 298 g/mol. The number of rotatable bonds is 5. The highest BCUT2D eigenvalue weighted by Crippen LogP contribution is 2.17. The largest absolute Gasteiger partial charge is 0.491 e. The van der Waals surface area contributed by atoms with Crippen molar-refractivity contribution in [3.63, 3.8) is 0 Å². The Kier molecular flexibility index (Phi) is 4.65. The Morgan fingerprint density at radius 1 is 1.27 bits per heavy atom. The van der Waals surface area contributed by atoms with Crippen molar-refractivity contribution < 1.29 is 14.3 Å². The average Bonchev–Trinajstić information content (AvgIpc) is 3.08.